The van der Waals surface area contributed by atoms with Gasteiger partial charge in [-0.15, -0.1) is 0 Å². The maximum absolute atomic E-state index is 12.7. The topological polar surface area (TPSA) is 61.9 Å². The molecule has 164 valence electrons. The molecule has 1 fully saturated rings. The molecule has 0 aromatic heterocycles. The van der Waals surface area contributed by atoms with E-state index in [0.29, 0.717) is 24.0 Å². The minimum absolute atomic E-state index is 0.0106. The molecule has 0 saturated heterocycles. The van der Waals surface area contributed by atoms with Gasteiger partial charge in [0, 0.05) is 19.1 Å². The first-order valence-corrected chi connectivity index (χ1v) is 11.2. The van der Waals surface area contributed by atoms with Gasteiger partial charge in [0.1, 0.15) is 12.3 Å². The minimum atomic E-state index is -0.205. The number of anilines is 1. The van der Waals surface area contributed by atoms with Gasteiger partial charge in [-0.3, -0.25) is 19.4 Å². The molecule has 31 heavy (non-hydrogen) atoms. The lowest BCUT2D eigenvalue weighted by Crippen LogP contribution is -2.45. The summed E-state index contributed by atoms with van der Waals surface area (Å²) in [5, 5.41) is 3.00. The molecule has 6 heteroatoms. The number of fused-ring (bicyclic) bond motifs is 1. The first-order valence-electron chi connectivity index (χ1n) is 11.2. The number of amides is 2. The number of rotatable bonds is 7. The number of carbonyl (C=O) groups excluding carboxylic acids is 2. The van der Waals surface area contributed by atoms with Gasteiger partial charge in [0.2, 0.25) is 5.91 Å². The predicted molar refractivity (Wildman–Crippen MR) is 121 cm³/mol. The molecule has 0 bridgehead atoms. The molecule has 0 unspecified atom stereocenters. The van der Waals surface area contributed by atoms with Gasteiger partial charge in [0.15, 0.2) is 6.61 Å². The SMILES string of the molecule is CN(Cc1ccccc1CNC(=O)CN1C(=O)COc2ccccc21)C1CCCCC1. The Balaban J connectivity index is 1.36. The van der Waals surface area contributed by atoms with Gasteiger partial charge in [-0.05, 0) is 43.1 Å². The highest BCUT2D eigenvalue weighted by Crippen LogP contribution is 2.31. The number of ether oxygens (including phenoxy) is 1. The molecule has 1 aliphatic heterocycles. The van der Waals surface area contributed by atoms with Gasteiger partial charge in [-0.25, -0.2) is 0 Å². The summed E-state index contributed by atoms with van der Waals surface area (Å²) in [6.07, 6.45) is 6.52. The first kappa shape index (κ1) is 21.4. The van der Waals surface area contributed by atoms with Gasteiger partial charge in [-0.2, -0.15) is 0 Å². The van der Waals surface area contributed by atoms with Crippen LogP contribution in [0.2, 0.25) is 0 Å². The molecule has 0 atom stereocenters. The Morgan fingerprint density at radius 2 is 1.77 bits per heavy atom. The number of benzene rings is 2. The van der Waals surface area contributed by atoms with Crippen molar-refractivity contribution in [2.24, 2.45) is 0 Å². The van der Waals surface area contributed by atoms with Crippen LogP contribution in [-0.2, 0) is 22.7 Å². The van der Waals surface area contributed by atoms with Crippen molar-refractivity contribution < 1.29 is 14.3 Å². The summed E-state index contributed by atoms with van der Waals surface area (Å²) in [5.74, 6) is 0.245. The highest BCUT2D eigenvalue weighted by atomic mass is 16.5. The van der Waals surface area contributed by atoms with Crippen molar-refractivity contribution in [3.05, 3.63) is 59.7 Å². The number of nitrogens with one attached hydrogen (secondary N) is 1. The Bertz CT molecular complexity index is 924. The van der Waals surface area contributed by atoms with E-state index < -0.39 is 0 Å². The van der Waals surface area contributed by atoms with Gasteiger partial charge in [-0.1, -0.05) is 55.7 Å². The van der Waals surface area contributed by atoms with E-state index >= 15 is 0 Å². The van der Waals surface area contributed by atoms with E-state index in [2.05, 4.69) is 35.5 Å². The fourth-order valence-corrected chi connectivity index (χ4v) is 4.52. The smallest absolute Gasteiger partial charge is 0.265 e. The fourth-order valence-electron chi connectivity index (χ4n) is 4.52. The maximum atomic E-state index is 12.7. The molecule has 2 aliphatic rings. The maximum Gasteiger partial charge on any atom is 0.265 e. The van der Waals surface area contributed by atoms with E-state index in [9.17, 15) is 9.59 Å². The lowest BCUT2D eigenvalue weighted by atomic mass is 9.94. The Hall–Kier alpha value is -2.86. The van der Waals surface area contributed by atoms with Crippen molar-refractivity contribution in [2.75, 3.05) is 25.1 Å². The average Bonchev–Trinajstić information content (AvgIpc) is 2.81. The predicted octanol–water partition coefficient (Wildman–Crippen LogP) is 3.49. The normalized spacial score (nSPS) is 16.7. The van der Waals surface area contributed by atoms with Crippen LogP contribution in [0.25, 0.3) is 0 Å². The molecule has 6 nitrogen and oxygen atoms in total. The van der Waals surface area contributed by atoms with Gasteiger partial charge in [0.25, 0.3) is 5.91 Å². The lowest BCUT2D eigenvalue weighted by Gasteiger charge is -2.31. The molecule has 1 N–H and O–H groups in total. The van der Waals surface area contributed by atoms with Crippen molar-refractivity contribution in [1.29, 1.82) is 0 Å². The summed E-state index contributed by atoms with van der Waals surface area (Å²) < 4.78 is 5.45. The second-order valence-corrected chi connectivity index (χ2v) is 8.49. The zero-order valence-electron chi connectivity index (χ0n) is 18.2. The Morgan fingerprint density at radius 1 is 1.06 bits per heavy atom. The van der Waals surface area contributed by atoms with E-state index in [-0.39, 0.29) is 25.0 Å². The van der Waals surface area contributed by atoms with Crippen LogP contribution in [0.5, 0.6) is 5.75 Å². The second-order valence-electron chi connectivity index (χ2n) is 8.49. The van der Waals surface area contributed by atoms with E-state index in [4.69, 9.17) is 4.74 Å². The van der Waals surface area contributed by atoms with Gasteiger partial charge in [0.05, 0.1) is 5.69 Å². The van der Waals surface area contributed by atoms with Crippen molar-refractivity contribution in [1.82, 2.24) is 10.2 Å². The van der Waals surface area contributed by atoms with Gasteiger partial charge >= 0.3 is 0 Å². The van der Waals surface area contributed by atoms with Crippen LogP contribution in [0.1, 0.15) is 43.2 Å². The second kappa shape index (κ2) is 9.96. The zero-order valence-corrected chi connectivity index (χ0v) is 18.2. The van der Waals surface area contributed by atoms with Crippen LogP contribution in [0.15, 0.2) is 48.5 Å². The highest BCUT2D eigenvalue weighted by molar-refractivity contribution is 6.02. The lowest BCUT2D eigenvalue weighted by molar-refractivity contribution is -0.125. The quantitative estimate of drug-likeness (QED) is 0.743. The summed E-state index contributed by atoms with van der Waals surface area (Å²) in [6, 6.07) is 16.2. The third-order valence-corrected chi connectivity index (χ3v) is 6.32. The van der Waals surface area contributed by atoms with Crippen LogP contribution in [0, 0.1) is 0 Å². The molecule has 4 rings (SSSR count). The zero-order chi connectivity index (χ0) is 21.6. The summed E-state index contributed by atoms with van der Waals surface area (Å²) in [5.41, 5.74) is 3.00. The van der Waals surface area contributed by atoms with Gasteiger partial charge < -0.3 is 10.1 Å². The van der Waals surface area contributed by atoms with Crippen molar-refractivity contribution >= 4 is 17.5 Å². The number of carbonyl (C=O) groups is 2. The molecule has 2 amide bonds. The van der Waals surface area contributed by atoms with E-state index in [1.807, 2.05) is 24.3 Å². The summed E-state index contributed by atoms with van der Waals surface area (Å²) >= 11 is 0. The molecular weight excluding hydrogens is 390 g/mol. The third-order valence-electron chi connectivity index (χ3n) is 6.32. The minimum Gasteiger partial charge on any atom is -0.482 e. The van der Waals surface area contributed by atoms with Crippen LogP contribution in [0.3, 0.4) is 0 Å². The number of para-hydroxylation sites is 2. The molecule has 0 radical (unpaired) electrons. The number of hydrogen-bond acceptors (Lipinski definition) is 4. The summed E-state index contributed by atoms with van der Waals surface area (Å²) in [6.45, 7) is 1.28. The first-order chi connectivity index (χ1) is 15.1. The van der Waals surface area contributed by atoms with Crippen LogP contribution in [0.4, 0.5) is 5.69 Å². The molecular formula is C25H31N3O3. The fraction of sp³-hybridized carbons (Fsp3) is 0.440. The van der Waals surface area contributed by atoms with E-state index in [1.54, 1.807) is 6.07 Å². The van der Waals surface area contributed by atoms with Crippen molar-refractivity contribution in [3.8, 4) is 5.75 Å². The molecule has 1 aliphatic carbocycles. The third kappa shape index (κ3) is 5.25. The van der Waals surface area contributed by atoms with Crippen LogP contribution < -0.4 is 15.0 Å². The van der Waals surface area contributed by atoms with Crippen molar-refractivity contribution in [3.63, 3.8) is 0 Å². The van der Waals surface area contributed by atoms with E-state index in [1.165, 1.54) is 42.6 Å². The Morgan fingerprint density at radius 3 is 2.58 bits per heavy atom. The average molecular weight is 422 g/mol. The largest absolute Gasteiger partial charge is 0.482 e. The summed E-state index contributed by atoms with van der Waals surface area (Å²) in [7, 11) is 2.20. The van der Waals surface area contributed by atoms with Crippen LogP contribution >= 0.6 is 0 Å². The number of hydrogen-bond donors (Lipinski definition) is 1. The van der Waals surface area contributed by atoms with Crippen LogP contribution in [-0.4, -0.2) is 43.0 Å². The molecule has 0 spiro atoms. The Kier molecular flexibility index (Phi) is 6.87. The van der Waals surface area contributed by atoms with E-state index in [0.717, 1.165) is 12.1 Å². The molecule has 2 aromatic rings. The van der Waals surface area contributed by atoms with Crippen molar-refractivity contribution in [2.45, 2.75) is 51.2 Å². The number of nitrogens with zero attached hydrogens (tertiary/aromatic N) is 2. The molecule has 1 saturated carbocycles. The monoisotopic (exact) mass is 421 g/mol. The molecule has 1 heterocycles. The Labute approximate surface area is 184 Å². The molecule has 2 aromatic carbocycles. The summed E-state index contributed by atoms with van der Waals surface area (Å²) in [4.78, 5) is 28.9. The highest BCUT2D eigenvalue weighted by Gasteiger charge is 2.27. The standard InChI is InChI=1S/C25H31N3O3/c1-27(21-11-3-2-4-12-21)16-20-10-6-5-9-19(20)15-26-24(29)17-28-22-13-7-8-14-23(22)31-18-25(28)30/h5-10,13-14,21H,2-4,11-12,15-18H2,1H3,(H,26,29).